The molecule has 4 aliphatic heterocycles. The molecular weight excluding hydrogens is 342 g/mol. The van der Waals surface area contributed by atoms with Crippen molar-refractivity contribution in [3.8, 4) is 0 Å². The second kappa shape index (κ2) is 7.13. The lowest BCUT2D eigenvalue weighted by Gasteiger charge is -2.56. The number of carbonyl (C=O) groups is 2. The van der Waals surface area contributed by atoms with Crippen molar-refractivity contribution in [3.05, 3.63) is 35.9 Å². The van der Waals surface area contributed by atoms with Crippen LogP contribution in [0.25, 0.3) is 0 Å². The van der Waals surface area contributed by atoms with E-state index in [2.05, 4.69) is 39.4 Å². The molecule has 0 radical (unpaired) electrons. The number of nitrogens with two attached hydrogens (primary N) is 1. The van der Waals surface area contributed by atoms with Crippen LogP contribution in [0.3, 0.4) is 0 Å². The Labute approximate surface area is 160 Å². The molecule has 27 heavy (non-hydrogen) atoms. The molecule has 0 aliphatic carbocycles. The lowest BCUT2D eigenvalue weighted by molar-refractivity contribution is -0.118. The fourth-order valence-electron chi connectivity index (χ4n) is 5.19. The second-order valence-corrected chi connectivity index (χ2v) is 8.32. The number of nitrogens with one attached hydrogen (secondary N) is 1. The fraction of sp³-hybridized carbons (Fsp3) is 0.600. The predicted molar refractivity (Wildman–Crippen MR) is 103 cm³/mol. The van der Waals surface area contributed by atoms with Crippen LogP contribution in [0.1, 0.15) is 12.0 Å². The SMILES string of the molecule is CN(CCC(N)=O)C(=O)NC1C2CN3CCN(C2)CC1(c1ccccc1)C3. The van der Waals surface area contributed by atoms with Gasteiger partial charge < -0.3 is 25.8 Å². The van der Waals surface area contributed by atoms with Gasteiger partial charge >= 0.3 is 6.03 Å². The lowest BCUT2D eigenvalue weighted by atomic mass is 9.64. The number of amides is 3. The molecule has 4 fully saturated rings. The van der Waals surface area contributed by atoms with E-state index in [0.717, 1.165) is 39.3 Å². The molecule has 0 spiro atoms. The van der Waals surface area contributed by atoms with E-state index in [4.69, 9.17) is 5.73 Å². The third kappa shape index (κ3) is 3.41. The van der Waals surface area contributed by atoms with Gasteiger partial charge in [-0.3, -0.25) is 4.79 Å². The molecule has 7 heteroatoms. The Balaban J connectivity index is 1.60. The zero-order chi connectivity index (χ0) is 19.0. The number of nitrogens with zero attached hydrogens (tertiary/aromatic N) is 3. The number of rotatable bonds is 5. The molecule has 4 bridgehead atoms. The van der Waals surface area contributed by atoms with Gasteiger partial charge in [-0.2, -0.15) is 0 Å². The Morgan fingerprint density at radius 1 is 1.19 bits per heavy atom. The van der Waals surface area contributed by atoms with Crippen LogP contribution >= 0.6 is 0 Å². The number of benzene rings is 1. The Morgan fingerprint density at radius 2 is 1.81 bits per heavy atom. The monoisotopic (exact) mass is 371 g/mol. The van der Waals surface area contributed by atoms with Crippen LogP contribution in [0.4, 0.5) is 4.79 Å². The molecule has 7 nitrogen and oxygen atoms in total. The van der Waals surface area contributed by atoms with Crippen molar-refractivity contribution in [1.29, 1.82) is 0 Å². The van der Waals surface area contributed by atoms with Gasteiger partial charge in [-0.15, -0.1) is 0 Å². The summed E-state index contributed by atoms with van der Waals surface area (Å²) in [4.78, 5) is 30.6. The van der Waals surface area contributed by atoms with Crippen molar-refractivity contribution in [3.63, 3.8) is 0 Å². The van der Waals surface area contributed by atoms with Gasteiger partial charge in [0.05, 0.1) is 0 Å². The summed E-state index contributed by atoms with van der Waals surface area (Å²) in [6, 6.07) is 10.6. The summed E-state index contributed by atoms with van der Waals surface area (Å²) in [7, 11) is 1.72. The highest BCUT2D eigenvalue weighted by Gasteiger charge is 2.55. The van der Waals surface area contributed by atoms with Crippen LogP contribution in [0.15, 0.2) is 30.3 Å². The molecule has 3 N–H and O–H groups in total. The molecule has 5 rings (SSSR count). The Hall–Kier alpha value is -2.12. The van der Waals surface area contributed by atoms with Crippen LogP contribution in [-0.2, 0) is 10.2 Å². The Kier molecular flexibility index (Phi) is 4.82. The molecule has 0 saturated carbocycles. The minimum absolute atomic E-state index is 0.0917. The Morgan fingerprint density at radius 3 is 2.41 bits per heavy atom. The van der Waals surface area contributed by atoms with Crippen molar-refractivity contribution in [2.45, 2.75) is 17.9 Å². The van der Waals surface area contributed by atoms with E-state index in [0.29, 0.717) is 12.5 Å². The normalized spacial score (nSPS) is 34.1. The minimum Gasteiger partial charge on any atom is -0.370 e. The summed E-state index contributed by atoms with van der Waals surface area (Å²) < 4.78 is 0. The first-order valence-electron chi connectivity index (χ1n) is 9.78. The van der Waals surface area contributed by atoms with Crippen molar-refractivity contribution >= 4 is 11.9 Å². The third-order valence-corrected chi connectivity index (χ3v) is 6.46. The van der Waals surface area contributed by atoms with E-state index in [9.17, 15) is 9.59 Å². The van der Waals surface area contributed by atoms with Crippen LogP contribution in [-0.4, -0.2) is 85.5 Å². The summed E-state index contributed by atoms with van der Waals surface area (Å²) in [5, 5.41) is 3.33. The van der Waals surface area contributed by atoms with Gasteiger partial charge in [-0.1, -0.05) is 30.3 Å². The summed E-state index contributed by atoms with van der Waals surface area (Å²) in [6.07, 6.45) is 0.184. The van der Waals surface area contributed by atoms with Gasteiger partial charge in [-0.05, 0) is 5.56 Å². The smallest absolute Gasteiger partial charge is 0.317 e. The molecule has 3 amide bonds. The molecule has 4 saturated heterocycles. The van der Waals surface area contributed by atoms with E-state index >= 15 is 0 Å². The van der Waals surface area contributed by atoms with Crippen LogP contribution in [0.5, 0.6) is 0 Å². The van der Waals surface area contributed by atoms with Gasteiger partial charge in [0.1, 0.15) is 0 Å². The topological polar surface area (TPSA) is 81.9 Å². The van der Waals surface area contributed by atoms with Gasteiger partial charge in [0, 0.05) is 76.7 Å². The maximum atomic E-state index is 12.8. The van der Waals surface area contributed by atoms with Crippen LogP contribution < -0.4 is 11.1 Å². The van der Waals surface area contributed by atoms with E-state index in [1.165, 1.54) is 5.56 Å². The molecular formula is C20H29N5O2. The largest absolute Gasteiger partial charge is 0.370 e. The molecule has 3 unspecified atom stereocenters. The summed E-state index contributed by atoms with van der Waals surface area (Å²) >= 11 is 0. The van der Waals surface area contributed by atoms with Crippen molar-refractivity contribution < 1.29 is 9.59 Å². The third-order valence-electron chi connectivity index (χ3n) is 6.46. The Bertz CT molecular complexity index is 694. The summed E-state index contributed by atoms with van der Waals surface area (Å²) in [6.45, 7) is 6.55. The standard InChI is InChI=1S/C20H29N5O2/c1-23(8-7-17(21)26)19(27)22-18-15-11-24-9-10-25(12-15)14-20(18,13-24)16-5-3-2-4-6-16/h2-6,15,18H,7-14H2,1H3,(H2,21,26)(H,22,27). The van der Waals surface area contributed by atoms with Crippen LogP contribution in [0, 0.1) is 5.92 Å². The first-order chi connectivity index (χ1) is 13.0. The molecule has 0 aromatic heterocycles. The molecule has 1 aromatic carbocycles. The number of urea groups is 1. The number of carbonyl (C=O) groups excluding carboxylic acids is 2. The van der Waals surface area contributed by atoms with Crippen LogP contribution in [0.2, 0.25) is 0 Å². The van der Waals surface area contributed by atoms with Gasteiger partial charge in [-0.25, -0.2) is 4.79 Å². The highest BCUT2D eigenvalue weighted by molar-refractivity contribution is 5.77. The lowest BCUT2D eigenvalue weighted by Crippen LogP contribution is -2.71. The van der Waals surface area contributed by atoms with Crippen molar-refractivity contribution in [1.82, 2.24) is 20.0 Å². The number of primary amides is 1. The predicted octanol–water partition coefficient (Wildman–Crippen LogP) is 0.0708. The summed E-state index contributed by atoms with van der Waals surface area (Å²) in [5.74, 6) is 0.0193. The highest BCUT2D eigenvalue weighted by atomic mass is 16.2. The van der Waals surface area contributed by atoms with E-state index < -0.39 is 0 Å². The first kappa shape index (κ1) is 18.3. The molecule has 4 heterocycles. The highest BCUT2D eigenvalue weighted by Crippen LogP contribution is 2.43. The minimum atomic E-state index is -0.387. The number of fused-ring (bicyclic) bond motifs is 1. The van der Waals surface area contributed by atoms with E-state index in [-0.39, 0.29) is 29.8 Å². The average Bonchev–Trinajstić information content (AvgIpc) is 2.91. The van der Waals surface area contributed by atoms with Crippen molar-refractivity contribution in [2.75, 3.05) is 52.9 Å². The second-order valence-electron chi connectivity index (χ2n) is 8.32. The maximum Gasteiger partial charge on any atom is 0.317 e. The molecule has 3 atom stereocenters. The number of hydrogen-bond acceptors (Lipinski definition) is 4. The van der Waals surface area contributed by atoms with Gasteiger partial charge in [0.15, 0.2) is 0 Å². The molecule has 146 valence electrons. The number of piperidine rings is 2. The molecule has 4 aliphatic rings. The van der Waals surface area contributed by atoms with Gasteiger partial charge in [0.2, 0.25) is 5.91 Å². The maximum absolute atomic E-state index is 12.8. The average molecular weight is 371 g/mol. The van der Waals surface area contributed by atoms with E-state index in [1.807, 2.05) is 6.07 Å². The van der Waals surface area contributed by atoms with E-state index in [1.54, 1.807) is 11.9 Å². The number of hydrogen-bond donors (Lipinski definition) is 2. The van der Waals surface area contributed by atoms with Crippen molar-refractivity contribution in [2.24, 2.45) is 11.7 Å². The zero-order valence-electron chi connectivity index (χ0n) is 15.9. The van der Waals surface area contributed by atoms with Gasteiger partial charge in [0.25, 0.3) is 0 Å². The summed E-state index contributed by atoms with van der Waals surface area (Å²) in [5.41, 5.74) is 6.43. The quantitative estimate of drug-likeness (QED) is 0.768. The first-order valence-corrected chi connectivity index (χ1v) is 9.78. The zero-order valence-corrected chi connectivity index (χ0v) is 15.9. The fourth-order valence-corrected chi connectivity index (χ4v) is 5.19. The molecule has 1 aromatic rings.